The number of ether oxygens (including phenoxy) is 1. The highest BCUT2D eigenvalue weighted by Gasteiger charge is 2.10. The number of benzene rings is 3. The Bertz CT molecular complexity index is 984. The summed E-state index contributed by atoms with van der Waals surface area (Å²) in [6, 6.07) is 25.2. The van der Waals surface area contributed by atoms with Gasteiger partial charge in [0, 0.05) is 23.6 Å². The van der Waals surface area contributed by atoms with Gasteiger partial charge in [0.25, 0.3) is 0 Å². The van der Waals surface area contributed by atoms with Crippen LogP contribution in [0.4, 0.5) is 17.1 Å². The van der Waals surface area contributed by atoms with Crippen LogP contribution in [0.15, 0.2) is 72.8 Å². The zero-order valence-electron chi connectivity index (χ0n) is 21.4. The molecule has 0 spiro atoms. The number of rotatable bonds is 14. The lowest BCUT2D eigenvalue weighted by Gasteiger charge is -2.18. The molecule has 0 saturated carbocycles. The van der Waals surface area contributed by atoms with Gasteiger partial charge in [0.2, 0.25) is 0 Å². The van der Waals surface area contributed by atoms with E-state index < -0.39 is 0 Å². The Morgan fingerprint density at radius 1 is 0.824 bits per heavy atom. The number of anilines is 3. The second-order valence-corrected chi connectivity index (χ2v) is 9.52. The van der Waals surface area contributed by atoms with Gasteiger partial charge in [-0.05, 0) is 72.2 Å². The summed E-state index contributed by atoms with van der Waals surface area (Å²) < 4.78 is 6.06. The van der Waals surface area contributed by atoms with Crippen LogP contribution in [0.2, 0.25) is 0 Å². The molecule has 0 saturated heterocycles. The minimum Gasteiger partial charge on any atom is -0.489 e. The summed E-state index contributed by atoms with van der Waals surface area (Å²) >= 11 is 0. The fraction of sp³-hybridized carbons (Fsp3) is 0.419. The van der Waals surface area contributed by atoms with Crippen molar-refractivity contribution in [1.82, 2.24) is 0 Å². The number of hydrogen-bond donors (Lipinski definition) is 2. The first-order valence-electron chi connectivity index (χ1n) is 13.0. The van der Waals surface area contributed by atoms with Crippen LogP contribution in [0.25, 0.3) is 0 Å². The predicted molar refractivity (Wildman–Crippen MR) is 147 cm³/mol. The van der Waals surface area contributed by atoms with E-state index in [0.717, 1.165) is 29.6 Å². The molecule has 0 aliphatic heterocycles. The number of nitrogens with one attached hydrogen (secondary N) is 2. The van der Waals surface area contributed by atoms with E-state index >= 15 is 0 Å². The highest BCUT2D eigenvalue weighted by atomic mass is 16.5. The minimum atomic E-state index is 0.388. The molecule has 3 nitrogen and oxygen atoms in total. The molecule has 0 heterocycles. The van der Waals surface area contributed by atoms with E-state index in [4.69, 9.17) is 4.74 Å². The second-order valence-electron chi connectivity index (χ2n) is 9.52. The molecule has 0 fully saturated rings. The van der Waals surface area contributed by atoms with Crippen molar-refractivity contribution in [2.75, 3.05) is 17.2 Å². The molecule has 0 aromatic heterocycles. The maximum atomic E-state index is 6.06. The van der Waals surface area contributed by atoms with Gasteiger partial charge in [-0.15, -0.1) is 0 Å². The summed E-state index contributed by atoms with van der Waals surface area (Å²) in [6.07, 6.45) is 6.47. The molecule has 3 rings (SSSR count). The first kappa shape index (κ1) is 25.7. The Morgan fingerprint density at radius 3 is 2.35 bits per heavy atom. The van der Waals surface area contributed by atoms with Gasteiger partial charge in [0.1, 0.15) is 12.4 Å². The van der Waals surface area contributed by atoms with Gasteiger partial charge in [0.05, 0.1) is 0 Å². The van der Waals surface area contributed by atoms with Crippen LogP contribution >= 0.6 is 0 Å². The molecule has 0 aliphatic rings. The van der Waals surface area contributed by atoms with Crippen molar-refractivity contribution in [2.45, 2.75) is 72.3 Å². The molecule has 0 bridgehead atoms. The maximum absolute atomic E-state index is 6.06. The summed E-state index contributed by atoms with van der Waals surface area (Å²) in [6.45, 7) is 10.7. The first-order chi connectivity index (χ1) is 16.6. The Labute approximate surface area is 207 Å². The predicted octanol–water partition coefficient (Wildman–Crippen LogP) is 9.15. The molecule has 3 aromatic carbocycles. The number of hydrogen-bond acceptors (Lipinski definition) is 3. The molecule has 3 aromatic rings. The van der Waals surface area contributed by atoms with E-state index in [0.29, 0.717) is 12.5 Å². The molecule has 182 valence electrons. The Balaban J connectivity index is 1.59. The lowest BCUT2D eigenvalue weighted by Crippen LogP contribution is -2.06. The molecule has 0 radical (unpaired) electrons. The highest BCUT2D eigenvalue weighted by molar-refractivity contribution is 5.68. The Hall–Kier alpha value is -2.94. The summed E-state index contributed by atoms with van der Waals surface area (Å²) in [5, 5.41) is 7.25. The van der Waals surface area contributed by atoms with Crippen molar-refractivity contribution in [3.05, 3.63) is 83.9 Å². The standard InChI is InChI=1S/C31H42N2O/c1-5-12-25(6-2)15-11-20-32-27-16-10-17-28(21-27)33-31-19-18-29(22-30(31)24(3)4)34-23-26-13-8-7-9-14-26/h7-10,13-14,16-19,21-22,24-25,32-33H,5-6,11-12,15,20,23H2,1-4H3. The summed E-state index contributed by atoms with van der Waals surface area (Å²) in [4.78, 5) is 0. The molecule has 2 N–H and O–H groups in total. The van der Waals surface area contributed by atoms with Crippen molar-refractivity contribution in [3.63, 3.8) is 0 Å². The third kappa shape index (κ3) is 8.13. The van der Waals surface area contributed by atoms with E-state index in [1.165, 1.54) is 48.9 Å². The Kier molecular flexibility index (Phi) is 10.3. The van der Waals surface area contributed by atoms with Crippen molar-refractivity contribution in [1.29, 1.82) is 0 Å². The molecule has 34 heavy (non-hydrogen) atoms. The normalized spacial score (nSPS) is 11.9. The van der Waals surface area contributed by atoms with E-state index in [9.17, 15) is 0 Å². The van der Waals surface area contributed by atoms with Crippen LogP contribution in [0.3, 0.4) is 0 Å². The highest BCUT2D eigenvalue weighted by Crippen LogP contribution is 2.32. The van der Waals surface area contributed by atoms with Gasteiger partial charge in [-0.3, -0.25) is 0 Å². The largest absolute Gasteiger partial charge is 0.489 e. The van der Waals surface area contributed by atoms with Gasteiger partial charge in [-0.25, -0.2) is 0 Å². The minimum absolute atomic E-state index is 0.388. The van der Waals surface area contributed by atoms with E-state index in [1.54, 1.807) is 0 Å². The van der Waals surface area contributed by atoms with Crippen LogP contribution in [-0.4, -0.2) is 6.54 Å². The van der Waals surface area contributed by atoms with E-state index in [2.05, 4.69) is 92.9 Å². The van der Waals surface area contributed by atoms with E-state index in [-0.39, 0.29) is 0 Å². The Morgan fingerprint density at radius 2 is 1.62 bits per heavy atom. The third-order valence-electron chi connectivity index (χ3n) is 6.43. The lowest BCUT2D eigenvalue weighted by molar-refractivity contribution is 0.306. The second kappa shape index (κ2) is 13.7. The molecular weight excluding hydrogens is 416 g/mol. The third-order valence-corrected chi connectivity index (χ3v) is 6.43. The van der Waals surface area contributed by atoms with E-state index in [1.807, 2.05) is 18.2 Å². The molecule has 1 unspecified atom stereocenters. The zero-order chi connectivity index (χ0) is 24.2. The maximum Gasteiger partial charge on any atom is 0.120 e. The van der Waals surface area contributed by atoms with Crippen LogP contribution < -0.4 is 15.4 Å². The zero-order valence-corrected chi connectivity index (χ0v) is 21.4. The van der Waals surface area contributed by atoms with Gasteiger partial charge >= 0.3 is 0 Å². The quantitative estimate of drug-likeness (QED) is 0.236. The van der Waals surface area contributed by atoms with Crippen LogP contribution in [0.1, 0.15) is 76.8 Å². The smallest absolute Gasteiger partial charge is 0.120 e. The van der Waals surface area contributed by atoms with Gasteiger partial charge in [-0.1, -0.05) is 83.4 Å². The molecular formula is C31H42N2O. The van der Waals surface area contributed by atoms with Crippen molar-refractivity contribution >= 4 is 17.1 Å². The van der Waals surface area contributed by atoms with Gasteiger partial charge in [0.15, 0.2) is 0 Å². The fourth-order valence-corrected chi connectivity index (χ4v) is 4.41. The molecule has 0 amide bonds. The monoisotopic (exact) mass is 458 g/mol. The van der Waals surface area contributed by atoms with Gasteiger partial charge in [-0.2, -0.15) is 0 Å². The SMILES string of the molecule is CCCC(CC)CCCNc1cccc(Nc2ccc(OCc3ccccc3)cc2C(C)C)c1. The van der Waals surface area contributed by atoms with Crippen LogP contribution in [0, 0.1) is 5.92 Å². The van der Waals surface area contributed by atoms with Crippen molar-refractivity contribution in [3.8, 4) is 5.75 Å². The molecule has 0 aliphatic carbocycles. The molecule has 3 heteroatoms. The van der Waals surface area contributed by atoms with Crippen molar-refractivity contribution in [2.24, 2.45) is 5.92 Å². The van der Waals surface area contributed by atoms with Crippen molar-refractivity contribution < 1.29 is 4.74 Å². The van der Waals surface area contributed by atoms with Gasteiger partial charge < -0.3 is 15.4 Å². The average molecular weight is 459 g/mol. The topological polar surface area (TPSA) is 33.3 Å². The summed E-state index contributed by atoms with van der Waals surface area (Å²) in [7, 11) is 0. The summed E-state index contributed by atoms with van der Waals surface area (Å²) in [5.74, 6) is 2.16. The van der Waals surface area contributed by atoms with Crippen LogP contribution in [-0.2, 0) is 6.61 Å². The lowest BCUT2D eigenvalue weighted by atomic mass is 9.95. The average Bonchev–Trinajstić information content (AvgIpc) is 2.86. The fourth-order valence-electron chi connectivity index (χ4n) is 4.41. The molecule has 1 atom stereocenters. The van der Waals surface area contributed by atoms with Crippen LogP contribution in [0.5, 0.6) is 5.75 Å². The first-order valence-corrected chi connectivity index (χ1v) is 13.0. The summed E-state index contributed by atoms with van der Waals surface area (Å²) in [5.41, 5.74) is 5.83.